The summed E-state index contributed by atoms with van der Waals surface area (Å²) < 4.78 is 28.6. The maximum absolute atomic E-state index is 12.1. The molecule has 1 unspecified atom stereocenters. The molecule has 2 rings (SSSR count). The molecule has 0 bridgehead atoms. The van der Waals surface area contributed by atoms with Gasteiger partial charge in [-0.1, -0.05) is 12.1 Å². The Kier molecular flexibility index (Phi) is 3.93. The normalized spacial score (nSPS) is 12.7. The summed E-state index contributed by atoms with van der Waals surface area (Å²) in [5, 5.41) is 1.96. The lowest BCUT2D eigenvalue weighted by atomic mass is 10.0. The van der Waals surface area contributed by atoms with Gasteiger partial charge in [0.2, 0.25) is 0 Å². The van der Waals surface area contributed by atoms with E-state index >= 15 is 0 Å². The lowest BCUT2D eigenvalue weighted by Gasteiger charge is -2.13. The highest BCUT2D eigenvalue weighted by molar-refractivity contribution is 7.10. The molecule has 0 fully saturated rings. The third kappa shape index (κ3) is 2.86. The molecule has 5 heteroatoms. The molecule has 0 radical (unpaired) electrons. The van der Waals surface area contributed by atoms with Crippen LogP contribution in [0.5, 0.6) is 5.75 Å². The average molecular weight is 269 g/mol. The van der Waals surface area contributed by atoms with Crippen LogP contribution in [0.25, 0.3) is 0 Å². The van der Waals surface area contributed by atoms with E-state index in [0.29, 0.717) is 0 Å². The molecule has 0 aliphatic carbocycles. The predicted octanol–water partition coefficient (Wildman–Crippen LogP) is 3.71. The van der Waals surface area contributed by atoms with Gasteiger partial charge in [-0.05, 0) is 41.6 Å². The van der Waals surface area contributed by atoms with E-state index in [2.05, 4.69) is 4.74 Å². The van der Waals surface area contributed by atoms with Gasteiger partial charge < -0.3 is 10.5 Å². The molecule has 0 spiro atoms. The summed E-state index contributed by atoms with van der Waals surface area (Å²) in [6, 6.07) is 8.18. The zero-order chi connectivity index (χ0) is 13.1. The van der Waals surface area contributed by atoms with Crippen molar-refractivity contribution in [3.8, 4) is 5.75 Å². The summed E-state index contributed by atoms with van der Waals surface area (Å²) >= 11 is 1.56. The minimum Gasteiger partial charge on any atom is -0.435 e. The van der Waals surface area contributed by atoms with Crippen molar-refractivity contribution in [1.82, 2.24) is 0 Å². The molecule has 1 heterocycles. The van der Waals surface area contributed by atoms with Crippen molar-refractivity contribution in [2.75, 3.05) is 0 Å². The van der Waals surface area contributed by atoms with Crippen LogP contribution in [0.15, 0.2) is 35.7 Å². The molecule has 0 amide bonds. The first kappa shape index (κ1) is 13.0. The summed E-state index contributed by atoms with van der Waals surface area (Å²) in [7, 11) is 0. The number of aryl methyl sites for hydroxylation is 1. The Labute approximate surface area is 108 Å². The van der Waals surface area contributed by atoms with Gasteiger partial charge in [0.1, 0.15) is 5.75 Å². The topological polar surface area (TPSA) is 35.2 Å². The minimum absolute atomic E-state index is 0.132. The number of benzene rings is 1. The zero-order valence-electron chi connectivity index (χ0n) is 9.77. The molecule has 2 N–H and O–H groups in total. The monoisotopic (exact) mass is 269 g/mol. The van der Waals surface area contributed by atoms with Gasteiger partial charge >= 0.3 is 6.61 Å². The van der Waals surface area contributed by atoms with Crippen molar-refractivity contribution >= 4 is 11.3 Å². The SMILES string of the molecule is Cc1ccsc1C(N)c1cccc(OC(F)F)c1. The van der Waals surface area contributed by atoms with E-state index in [1.807, 2.05) is 24.4 Å². The smallest absolute Gasteiger partial charge is 0.387 e. The quantitative estimate of drug-likeness (QED) is 0.918. The molecule has 1 atom stereocenters. The number of halogens is 2. The minimum atomic E-state index is -2.82. The fourth-order valence-electron chi connectivity index (χ4n) is 1.74. The summed E-state index contributed by atoms with van der Waals surface area (Å²) in [6.45, 7) is -0.842. The lowest BCUT2D eigenvalue weighted by molar-refractivity contribution is -0.0498. The first-order valence-electron chi connectivity index (χ1n) is 5.42. The Morgan fingerprint density at radius 1 is 1.28 bits per heavy atom. The van der Waals surface area contributed by atoms with Gasteiger partial charge in [-0.2, -0.15) is 8.78 Å². The number of ether oxygens (including phenoxy) is 1. The van der Waals surface area contributed by atoms with Crippen LogP contribution in [0.2, 0.25) is 0 Å². The van der Waals surface area contributed by atoms with Crippen LogP contribution in [0.3, 0.4) is 0 Å². The van der Waals surface area contributed by atoms with Crippen LogP contribution in [-0.4, -0.2) is 6.61 Å². The molecule has 2 aromatic rings. The van der Waals surface area contributed by atoms with Crippen molar-refractivity contribution in [2.45, 2.75) is 19.6 Å². The third-order valence-electron chi connectivity index (χ3n) is 2.63. The number of alkyl halides is 2. The summed E-state index contributed by atoms with van der Waals surface area (Å²) in [5.41, 5.74) is 8.00. The van der Waals surface area contributed by atoms with Crippen LogP contribution in [0.1, 0.15) is 22.0 Å². The molecule has 96 valence electrons. The second kappa shape index (κ2) is 5.46. The van der Waals surface area contributed by atoms with Crippen molar-refractivity contribution < 1.29 is 13.5 Å². The average Bonchev–Trinajstić information content (AvgIpc) is 2.74. The van der Waals surface area contributed by atoms with Crippen LogP contribution in [0, 0.1) is 6.92 Å². The first-order valence-corrected chi connectivity index (χ1v) is 6.30. The number of nitrogens with two attached hydrogens (primary N) is 1. The van der Waals surface area contributed by atoms with E-state index in [1.165, 1.54) is 6.07 Å². The Morgan fingerprint density at radius 2 is 2.06 bits per heavy atom. The maximum Gasteiger partial charge on any atom is 0.387 e. The highest BCUT2D eigenvalue weighted by Gasteiger charge is 2.14. The van der Waals surface area contributed by atoms with Crippen LogP contribution >= 0.6 is 11.3 Å². The summed E-state index contributed by atoms with van der Waals surface area (Å²) in [6.07, 6.45) is 0. The fraction of sp³-hybridized carbons (Fsp3) is 0.231. The number of hydrogen-bond acceptors (Lipinski definition) is 3. The van der Waals surface area contributed by atoms with E-state index in [-0.39, 0.29) is 11.8 Å². The van der Waals surface area contributed by atoms with Gasteiger partial charge in [0.25, 0.3) is 0 Å². The molecule has 0 saturated carbocycles. The van der Waals surface area contributed by atoms with Gasteiger partial charge in [0.05, 0.1) is 6.04 Å². The van der Waals surface area contributed by atoms with Crippen LogP contribution < -0.4 is 10.5 Å². The molecule has 1 aromatic heterocycles. The number of rotatable bonds is 4. The molecule has 1 aromatic carbocycles. The number of hydrogen-bond donors (Lipinski definition) is 1. The highest BCUT2D eigenvalue weighted by atomic mass is 32.1. The van der Waals surface area contributed by atoms with E-state index in [1.54, 1.807) is 23.5 Å². The second-order valence-corrected chi connectivity index (χ2v) is 4.84. The van der Waals surface area contributed by atoms with E-state index in [0.717, 1.165) is 16.0 Å². The van der Waals surface area contributed by atoms with Crippen molar-refractivity contribution in [3.63, 3.8) is 0 Å². The zero-order valence-corrected chi connectivity index (χ0v) is 10.6. The Bertz CT molecular complexity index is 527. The summed E-state index contributed by atoms with van der Waals surface area (Å²) in [5.74, 6) is 0.132. The largest absolute Gasteiger partial charge is 0.435 e. The first-order chi connectivity index (χ1) is 8.58. The fourth-order valence-corrected chi connectivity index (χ4v) is 2.69. The number of thiophene rings is 1. The Hall–Kier alpha value is -1.46. The standard InChI is InChI=1S/C13H13F2NOS/c1-8-5-6-18-12(8)11(16)9-3-2-4-10(7-9)17-13(14)15/h2-7,11,13H,16H2,1H3. The van der Waals surface area contributed by atoms with E-state index in [9.17, 15) is 8.78 Å². The van der Waals surface area contributed by atoms with E-state index < -0.39 is 6.61 Å². The highest BCUT2D eigenvalue weighted by Crippen LogP contribution is 2.29. The van der Waals surface area contributed by atoms with Crippen LogP contribution in [0.4, 0.5) is 8.78 Å². The Morgan fingerprint density at radius 3 is 2.67 bits per heavy atom. The van der Waals surface area contributed by atoms with Crippen molar-refractivity contribution in [3.05, 3.63) is 51.7 Å². The summed E-state index contributed by atoms with van der Waals surface area (Å²) in [4.78, 5) is 1.03. The predicted molar refractivity (Wildman–Crippen MR) is 68.2 cm³/mol. The molecular formula is C13H13F2NOS. The second-order valence-electron chi connectivity index (χ2n) is 3.90. The molecule has 0 aliphatic rings. The molecule has 2 nitrogen and oxygen atoms in total. The maximum atomic E-state index is 12.1. The molecule has 18 heavy (non-hydrogen) atoms. The lowest BCUT2D eigenvalue weighted by Crippen LogP contribution is -2.11. The van der Waals surface area contributed by atoms with Crippen molar-refractivity contribution in [2.24, 2.45) is 5.73 Å². The van der Waals surface area contributed by atoms with Gasteiger partial charge in [-0.3, -0.25) is 0 Å². The van der Waals surface area contributed by atoms with Crippen molar-refractivity contribution in [1.29, 1.82) is 0 Å². The molecule has 0 saturated heterocycles. The third-order valence-corrected chi connectivity index (χ3v) is 3.73. The van der Waals surface area contributed by atoms with Gasteiger partial charge in [-0.25, -0.2) is 0 Å². The van der Waals surface area contributed by atoms with Gasteiger partial charge in [-0.15, -0.1) is 11.3 Å². The van der Waals surface area contributed by atoms with E-state index in [4.69, 9.17) is 5.73 Å². The molecule has 0 aliphatic heterocycles. The van der Waals surface area contributed by atoms with Crippen LogP contribution in [-0.2, 0) is 0 Å². The van der Waals surface area contributed by atoms with Gasteiger partial charge in [0.15, 0.2) is 0 Å². The molecular weight excluding hydrogens is 256 g/mol. The Balaban J connectivity index is 2.25. The van der Waals surface area contributed by atoms with Gasteiger partial charge in [0, 0.05) is 4.88 Å².